The summed E-state index contributed by atoms with van der Waals surface area (Å²) in [5, 5.41) is 0. The van der Waals surface area contributed by atoms with Crippen LogP contribution in [0.4, 0.5) is 0 Å². The Labute approximate surface area is 148 Å². The van der Waals surface area contributed by atoms with Crippen LogP contribution in [0.1, 0.15) is 55.5 Å². The molecule has 1 aromatic rings. The molecule has 0 aromatic heterocycles. The number of carbonyl (C=O) groups excluding carboxylic acids is 2. The van der Waals surface area contributed by atoms with Crippen LogP contribution in [0, 0.1) is 5.41 Å². The molecule has 0 bridgehead atoms. The summed E-state index contributed by atoms with van der Waals surface area (Å²) in [5.74, 6) is -0.153. The van der Waals surface area contributed by atoms with Crippen molar-refractivity contribution >= 4 is 23.5 Å². The van der Waals surface area contributed by atoms with E-state index in [2.05, 4.69) is 19.9 Å². The predicted molar refractivity (Wildman–Crippen MR) is 93.0 cm³/mol. The molecule has 0 radical (unpaired) electrons. The lowest BCUT2D eigenvalue weighted by molar-refractivity contribution is -0.142. The van der Waals surface area contributed by atoms with Crippen LogP contribution in [0.3, 0.4) is 0 Å². The fourth-order valence-corrected chi connectivity index (χ4v) is 3.64. The fraction of sp³-hybridized carbons (Fsp3) is 0.579. The third kappa shape index (κ3) is 4.50. The lowest BCUT2D eigenvalue weighted by atomic mass is 9.89. The van der Waals surface area contributed by atoms with Gasteiger partial charge in [-0.15, -0.1) is 11.6 Å². The first-order valence-corrected chi connectivity index (χ1v) is 8.75. The van der Waals surface area contributed by atoms with Crippen molar-refractivity contribution in [2.75, 3.05) is 5.88 Å². The molecule has 1 aliphatic rings. The molecule has 0 amide bonds. The highest BCUT2D eigenvalue weighted by Gasteiger charge is 2.32. The monoisotopic (exact) mass is 352 g/mol. The Morgan fingerprint density at radius 1 is 1.08 bits per heavy atom. The van der Waals surface area contributed by atoms with Crippen molar-refractivity contribution in [2.45, 2.75) is 60.2 Å². The predicted octanol–water partition coefficient (Wildman–Crippen LogP) is 3.72. The third-order valence-electron chi connectivity index (χ3n) is 4.37. The van der Waals surface area contributed by atoms with E-state index < -0.39 is 0 Å². The minimum Gasteiger partial charge on any atom is -0.461 e. The molecule has 0 unspecified atom stereocenters. The second kappa shape index (κ2) is 7.56. The Hall–Kier alpha value is -1.55. The Balaban J connectivity index is 2.49. The molecule has 0 saturated heterocycles. The van der Waals surface area contributed by atoms with Gasteiger partial charge in [-0.25, -0.2) is 0 Å². The van der Waals surface area contributed by atoms with Gasteiger partial charge in [0.15, 0.2) is 0 Å². The van der Waals surface area contributed by atoms with E-state index in [0.29, 0.717) is 12.3 Å². The molecule has 1 aliphatic carbocycles. The Morgan fingerprint density at radius 3 is 2.29 bits per heavy atom. The smallest absolute Gasteiger partial charge is 0.302 e. The Morgan fingerprint density at radius 2 is 1.71 bits per heavy atom. The first-order valence-electron chi connectivity index (χ1n) is 8.21. The van der Waals surface area contributed by atoms with Crippen molar-refractivity contribution in [3.05, 3.63) is 33.9 Å². The van der Waals surface area contributed by atoms with E-state index in [1.807, 2.05) is 0 Å². The zero-order valence-electron chi connectivity index (χ0n) is 14.8. The number of rotatable bonds is 6. The van der Waals surface area contributed by atoms with Crippen LogP contribution >= 0.6 is 11.6 Å². The van der Waals surface area contributed by atoms with Crippen molar-refractivity contribution < 1.29 is 19.1 Å². The Kier molecular flexibility index (Phi) is 5.92. The molecule has 2 rings (SSSR count). The van der Waals surface area contributed by atoms with E-state index in [9.17, 15) is 9.59 Å². The van der Waals surface area contributed by atoms with Gasteiger partial charge in [-0.05, 0) is 52.5 Å². The summed E-state index contributed by atoms with van der Waals surface area (Å²) in [4.78, 5) is 22.5. The van der Waals surface area contributed by atoms with Crippen LogP contribution in [0.15, 0.2) is 6.07 Å². The van der Waals surface area contributed by atoms with Crippen LogP contribution in [0.2, 0.25) is 0 Å². The highest BCUT2D eigenvalue weighted by Crippen LogP contribution is 2.40. The molecule has 1 aromatic carbocycles. The number of hydrogen-bond acceptors (Lipinski definition) is 4. The number of carbonyl (C=O) groups is 2. The lowest BCUT2D eigenvalue weighted by Crippen LogP contribution is -2.12. The molecule has 5 heteroatoms. The van der Waals surface area contributed by atoms with Crippen molar-refractivity contribution in [2.24, 2.45) is 5.41 Å². The van der Waals surface area contributed by atoms with Gasteiger partial charge in [0.1, 0.15) is 13.2 Å². The summed E-state index contributed by atoms with van der Waals surface area (Å²) in [5.41, 5.74) is 5.73. The molecular weight excluding hydrogens is 328 g/mol. The van der Waals surface area contributed by atoms with Gasteiger partial charge in [0.2, 0.25) is 0 Å². The standard InChI is InChI=1S/C19H25ClO4/c1-12(21)23-10-15-7-14-8-19(3,4)9-17(14)18(11-24-13(2)22)16(15)5-6-20/h7H,5-6,8-11H2,1-4H3. The van der Waals surface area contributed by atoms with E-state index in [-0.39, 0.29) is 30.6 Å². The van der Waals surface area contributed by atoms with Crippen molar-refractivity contribution in [1.82, 2.24) is 0 Å². The summed E-state index contributed by atoms with van der Waals surface area (Å²) in [6, 6.07) is 2.13. The van der Waals surface area contributed by atoms with Crippen LogP contribution in [-0.2, 0) is 51.5 Å². The zero-order valence-corrected chi connectivity index (χ0v) is 15.6. The molecule has 0 spiro atoms. The summed E-state index contributed by atoms with van der Waals surface area (Å²) in [6.45, 7) is 7.74. The summed E-state index contributed by atoms with van der Waals surface area (Å²) in [7, 11) is 0. The molecule has 0 heterocycles. The topological polar surface area (TPSA) is 52.6 Å². The number of esters is 2. The molecule has 4 nitrogen and oxygen atoms in total. The molecule has 0 fully saturated rings. The minimum atomic E-state index is -0.311. The van der Waals surface area contributed by atoms with E-state index in [4.69, 9.17) is 21.1 Å². The fourth-order valence-electron chi connectivity index (χ4n) is 3.45. The average Bonchev–Trinajstić information content (AvgIpc) is 2.77. The molecule has 0 saturated carbocycles. The molecule has 0 N–H and O–H groups in total. The summed E-state index contributed by atoms with van der Waals surface area (Å²) in [6.07, 6.45) is 2.56. The Bertz CT molecular complexity index is 649. The van der Waals surface area contributed by atoms with E-state index in [1.165, 1.54) is 25.0 Å². The first-order chi connectivity index (χ1) is 11.2. The highest BCUT2D eigenvalue weighted by atomic mass is 35.5. The van der Waals surface area contributed by atoms with Crippen LogP contribution < -0.4 is 0 Å². The maximum absolute atomic E-state index is 11.3. The van der Waals surface area contributed by atoms with Gasteiger partial charge in [-0.3, -0.25) is 9.59 Å². The van der Waals surface area contributed by atoms with Crippen molar-refractivity contribution in [3.63, 3.8) is 0 Å². The van der Waals surface area contributed by atoms with Crippen LogP contribution in [-0.4, -0.2) is 17.8 Å². The average molecular weight is 353 g/mol. The van der Waals surface area contributed by atoms with Gasteiger partial charge in [0, 0.05) is 19.7 Å². The lowest BCUT2D eigenvalue weighted by Gasteiger charge is -2.19. The number of alkyl halides is 1. The number of halogens is 1. The number of hydrogen-bond donors (Lipinski definition) is 0. The van der Waals surface area contributed by atoms with Crippen LogP contribution in [0.5, 0.6) is 0 Å². The normalized spacial score (nSPS) is 15.0. The van der Waals surface area contributed by atoms with Gasteiger partial charge < -0.3 is 9.47 Å². The molecule has 132 valence electrons. The molecule has 0 aliphatic heterocycles. The maximum Gasteiger partial charge on any atom is 0.302 e. The van der Waals surface area contributed by atoms with Crippen molar-refractivity contribution in [3.8, 4) is 0 Å². The molecule has 0 atom stereocenters. The van der Waals surface area contributed by atoms with E-state index in [0.717, 1.165) is 29.5 Å². The molecular formula is C19H25ClO4. The van der Waals surface area contributed by atoms with Gasteiger partial charge >= 0.3 is 11.9 Å². The quantitative estimate of drug-likeness (QED) is 0.578. The number of ether oxygens (including phenoxy) is 2. The van der Waals surface area contributed by atoms with Gasteiger partial charge in [-0.1, -0.05) is 19.9 Å². The molecule has 24 heavy (non-hydrogen) atoms. The third-order valence-corrected chi connectivity index (χ3v) is 4.56. The van der Waals surface area contributed by atoms with E-state index >= 15 is 0 Å². The summed E-state index contributed by atoms with van der Waals surface area (Å²) < 4.78 is 10.5. The number of benzene rings is 1. The van der Waals surface area contributed by atoms with Gasteiger partial charge in [0.05, 0.1) is 0 Å². The second-order valence-electron chi connectivity index (χ2n) is 7.15. The second-order valence-corrected chi connectivity index (χ2v) is 7.53. The van der Waals surface area contributed by atoms with Crippen LogP contribution in [0.25, 0.3) is 0 Å². The zero-order chi connectivity index (χ0) is 17.9. The van der Waals surface area contributed by atoms with Gasteiger partial charge in [-0.2, -0.15) is 0 Å². The largest absolute Gasteiger partial charge is 0.461 e. The van der Waals surface area contributed by atoms with Gasteiger partial charge in [0.25, 0.3) is 0 Å². The SMILES string of the molecule is CC(=O)OCc1cc2c(c(COC(C)=O)c1CCCl)CC(C)(C)C2. The maximum atomic E-state index is 11.3. The van der Waals surface area contributed by atoms with Crippen molar-refractivity contribution in [1.29, 1.82) is 0 Å². The van der Waals surface area contributed by atoms with E-state index in [1.54, 1.807) is 0 Å². The minimum absolute atomic E-state index is 0.172. The highest BCUT2D eigenvalue weighted by molar-refractivity contribution is 6.18. The first kappa shape index (κ1) is 18.8. The summed E-state index contributed by atoms with van der Waals surface area (Å²) >= 11 is 6.00. The number of fused-ring (bicyclic) bond motifs is 1.